The smallest absolute Gasteiger partial charge is 0.412 e. The summed E-state index contributed by atoms with van der Waals surface area (Å²) in [6.45, 7) is 7.49. The molecule has 1 aliphatic rings. The van der Waals surface area contributed by atoms with E-state index >= 15 is 0 Å². The van der Waals surface area contributed by atoms with Crippen LogP contribution >= 0.6 is 0 Å². The molecule has 2 atom stereocenters. The van der Waals surface area contributed by atoms with Gasteiger partial charge in [0.2, 0.25) is 0 Å². The number of rotatable bonds is 1. The number of carbonyl (C=O) groups excluding carboxylic acids is 2. The largest absolute Gasteiger partial charge is 0.467 e. The van der Waals surface area contributed by atoms with Crippen LogP contribution in [0.1, 0.15) is 27.7 Å². The van der Waals surface area contributed by atoms with E-state index in [0.29, 0.717) is 0 Å². The number of nitrogens with zero attached hydrogens (tertiary/aromatic N) is 1. The molecule has 0 spiro atoms. The van der Waals surface area contributed by atoms with Gasteiger partial charge in [0.05, 0.1) is 20.8 Å². The van der Waals surface area contributed by atoms with Crippen LogP contribution in [0.4, 0.5) is 4.79 Å². The molecule has 0 bridgehead atoms. The van der Waals surface area contributed by atoms with E-state index in [4.69, 9.17) is 14.2 Å². The maximum absolute atomic E-state index is 11.9. The number of ether oxygens (including phenoxy) is 3. The molecule has 1 amide bonds. The molecule has 2 unspecified atom stereocenters. The summed E-state index contributed by atoms with van der Waals surface area (Å²) >= 11 is 0. The lowest BCUT2D eigenvalue weighted by atomic mass is 9.91. The van der Waals surface area contributed by atoms with Gasteiger partial charge in [0.1, 0.15) is 6.23 Å². The van der Waals surface area contributed by atoms with Crippen LogP contribution in [0.2, 0.25) is 0 Å². The quantitative estimate of drug-likeness (QED) is 0.666. The summed E-state index contributed by atoms with van der Waals surface area (Å²) in [4.78, 5) is 25.1. The first kappa shape index (κ1) is 14.8. The number of hydrogen-bond donors (Lipinski definition) is 0. The van der Waals surface area contributed by atoms with E-state index in [1.165, 1.54) is 19.1 Å². The topological polar surface area (TPSA) is 65.1 Å². The van der Waals surface area contributed by atoms with Gasteiger partial charge < -0.3 is 14.2 Å². The summed E-state index contributed by atoms with van der Waals surface area (Å²) in [5.74, 6) is -0.514. The maximum Gasteiger partial charge on any atom is 0.412 e. The van der Waals surface area contributed by atoms with E-state index in [-0.39, 0.29) is 12.0 Å². The Morgan fingerprint density at radius 1 is 1.28 bits per heavy atom. The van der Waals surface area contributed by atoms with Gasteiger partial charge >= 0.3 is 12.1 Å². The molecule has 18 heavy (non-hydrogen) atoms. The molecule has 104 valence electrons. The molecular formula is C12H21NO5. The fourth-order valence-corrected chi connectivity index (χ4v) is 2.05. The second-order valence-corrected chi connectivity index (χ2v) is 5.63. The summed E-state index contributed by atoms with van der Waals surface area (Å²) in [5.41, 5.74) is -1.49. The number of hydrogen-bond acceptors (Lipinski definition) is 5. The summed E-state index contributed by atoms with van der Waals surface area (Å²) in [7, 11) is 2.56. The van der Waals surface area contributed by atoms with Crippen molar-refractivity contribution < 1.29 is 23.8 Å². The molecule has 0 aromatic heterocycles. The second kappa shape index (κ2) is 4.76. The van der Waals surface area contributed by atoms with Gasteiger partial charge in [-0.15, -0.1) is 0 Å². The minimum atomic E-state index is -1.15. The van der Waals surface area contributed by atoms with E-state index in [0.717, 1.165) is 0 Å². The van der Waals surface area contributed by atoms with Gasteiger partial charge in [-0.3, -0.25) is 4.90 Å². The zero-order chi connectivity index (χ0) is 14.1. The molecular weight excluding hydrogens is 238 g/mol. The van der Waals surface area contributed by atoms with Crippen LogP contribution in [0.15, 0.2) is 0 Å². The highest BCUT2D eigenvalue weighted by atomic mass is 16.6. The van der Waals surface area contributed by atoms with Crippen LogP contribution in [0.5, 0.6) is 0 Å². The first-order valence-corrected chi connectivity index (χ1v) is 5.76. The van der Waals surface area contributed by atoms with E-state index in [1.54, 1.807) is 6.92 Å². The molecule has 0 aromatic carbocycles. The fraction of sp³-hybridized carbons (Fsp3) is 0.833. The van der Waals surface area contributed by atoms with E-state index in [1.807, 2.05) is 20.8 Å². The third-order valence-electron chi connectivity index (χ3n) is 3.03. The SMILES string of the molecule is COC(=O)N1C(C(C)(C)C)OCC1(C)C(=O)OC. The van der Waals surface area contributed by atoms with Crippen molar-refractivity contribution in [3.05, 3.63) is 0 Å². The van der Waals surface area contributed by atoms with Crippen molar-refractivity contribution in [1.29, 1.82) is 0 Å². The first-order chi connectivity index (χ1) is 8.18. The summed E-state index contributed by atoms with van der Waals surface area (Å²) in [6.07, 6.45) is -1.13. The molecule has 0 saturated carbocycles. The number of carbonyl (C=O) groups is 2. The molecule has 0 radical (unpaired) electrons. The van der Waals surface area contributed by atoms with Crippen molar-refractivity contribution in [3.8, 4) is 0 Å². The number of esters is 1. The molecule has 1 aliphatic heterocycles. The number of methoxy groups -OCH3 is 2. The summed E-state index contributed by atoms with van der Waals surface area (Å²) in [6, 6.07) is 0. The molecule has 6 heteroatoms. The Morgan fingerprint density at radius 3 is 2.22 bits per heavy atom. The van der Waals surface area contributed by atoms with E-state index in [9.17, 15) is 9.59 Å². The Bertz CT molecular complexity index is 349. The second-order valence-electron chi connectivity index (χ2n) is 5.63. The van der Waals surface area contributed by atoms with Gasteiger partial charge in [-0.25, -0.2) is 9.59 Å². The average molecular weight is 259 g/mol. The lowest BCUT2D eigenvalue weighted by Crippen LogP contribution is -2.57. The summed E-state index contributed by atoms with van der Waals surface area (Å²) in [5, 5.41) is 0. The normalized spacial score (nSPS) is 28.1. The van der Waals surface area contributed by atoms with Gasteiger partial charge in [-0.05, 0) is 6.92 Å². The highest BCUT2D eigenvalue weighted by Gasteiger charge is 2.56. The van der Waals surface area contributed by atoms with Crippen molar-refractivity contribution in [1.82, 2.24) is 4.90 Å². The third-order valence-corrected chi connectivity index (χ3v) is 3.03. The van der Waals surface area contributed by atoms with Crippen molar-refractivity contribution in [2.75, 3.05) is 20.8 Å². The lowest BCUT2D eigenvalue weighted by molar-refractivity contribution is -0.152. The van der Waals surface area contributed by atoms with Crippen molar-refractivity contribution >= 4 is 12.1 Å². The van der Waals surface area contributed by atoms with Crippen LogP contribution in [0, 0.1) is 5.41 Å². The van der Waals surface area contributed by atoms with Crippen molar-refractivity contribution in [2.45, 2.75) is 39.5 Å². The molecule has 0 N–H and O–H groups in total. The highest BCUT2D eigenvalue weighted by Crippen LogP contribution is 2.37. The van der Waals surface area contributed by atoms with Gasteiger partial charge in [0.25, 0.3) is 0 Å². The first-order valence-electron chi connectivity index (χ1n) is 5.76. The minimum Gasteiger partial charge on any atom is -0.467 e. The molecule has 0 aliphatic carbocycles. The van der Waals surface area contributed by atoms with Crippen LogP contribution < -0.4 is 0 Å². The van der Waals surface area contributed by atoms with Gasteiger partial charge in [0, 0.05) is 5.41 Å². The third kappa shape index (κ3) is 2.29. The lowest BCUT2D eigenvalue weighted by Gasteiger charge is -2.37. The van der Waals surface area contributed by atoms with Gasteiger partial charge in [-0.1, -0.05) is 20.8 Å². The predicted octanol–water partition coefficient (Wildman–Crippen LogP) is 1.39. The molecule has 1 saturated heterocycles. The predicted molar refractivity (Wildman–Crippen MR) is 63.9 cm³/mol. The zero-order valence-corrected chi connectivity index (χ0v) is 11.8. The van der Waals surface area contributed by atoms with Gasteiger partial charge in [-0.2, -0.15) is 0 Å². The Kier molecular flexibility index (Phi) is 3.90. The highest BCUT2D eigenvalue weighted by molar-refractivity contribution is 5.86. The fourth-order valence-electron chi connectivity index (χ4n) is 2.05. The molecule has 0 aromatic rings. The van der Waals surface area contributed by atoms with E-state index in [2.05, 4.69) is 0 Å². The van der Waals surface area contributed by atoms with Crippen LogP contribution in [0.25, 0.3) is 0 Å². The Morgan fingerprint density at radius 2 is 1.83 bits per heavy atom. The van der Waals surface area contributed by atoms with Crippen LogP contribution in [0.3, 0.4) is 0 Å². The maximum atomic E-state index is 11.9. The average Bonchev–Trinajstić information content (AvgIpc) is 2.66. The monoisotopic (exact) mass is 259 g/mol. The van der Waals surface area contributed by atoms with Crippen molar-refractivity contribution in [2.24, 2.45) is 5.41 Å². The minimum absolute atomic E-state index is 0.0940. The standard InChI is InChI=1S/C12H21NO5/c1-11(2,3)8-13(10(15)17-6)12(4,7-18-8)9(14)16-5/h8H,7H2,1-6H3. The molecule has 1 fully saturated rings. The molecule has 1 rings (SSSR count). The molecule has 6 nitrogen and oxygen atoms in total. The Hall–Kier alpha value is -1.30. The van der Waals surface area contributed by atoms with Gasteiger partial charge in [0.15, 0.2) is 5.54 Å². The summed E-state index contributed by atoms with van der Waals surface area (Å²) < 4.78 is 15.1. The van der Waals surface area contributed by atoms with Crippen LogP contribution in [-0.4, -0.2) is 49.6 Å². The Labute approximate surface area is 107 Å². The molecule has 1 heterocycles. The van der Waals surface area contributed by atoms with Crippen LogP contribution in [-0.2, 0) is 19.0 Å². The van der Waals surface area contributed by atoms with E-state index < -0.39 is 23.8 Å². The van der Waals surface area contributed by atoms with Crippen molar-refractivity contribution in [3.63, 3.8) is 0 Å². The number of amides is 1. The Balaban J connectivity index is 3.16. The zero-order valence-electron chi connectivity index (χ0n) is 11.8.